The van der Waals surface area contributed by atoms with Crippen LogP contribution in [0.25, 0.3) is 0 Å². The number of rotatable bonds is 4. The van der Waals surface area contributed by atoms with E-state index in [1.807, 2.05) is 19.1 Å². The summed E-state index contributed by atoms with van der Waals surface area (Å²) in [6.07, 6.45) is 2.26. The van der Waals surface area contributed by atoms with Gasteiger partial charge in [0.2, 0.25) is 11.0 Å². The number of nitrogens with one attached hydrogen (secondary N) is 1. The third kappa shape index (κ3) is 3.64. The van der Waals surface area contributed by atoms with Gasteiger partial charge in [0.25, 0.3) is 5.91 Å². The molecule has 1 atom stereocenters. The first-order chi connectivity index (χ1) is 11.6. The van der Waals surface area contributed by atoms with E-state index in [1.165, 1.54) is 11.3 Å². The number of hydrogen-bond acceptors (Lipinski definition) is 5. The summed E-state index contributed by atoms with van der Waals surface area (Å²) in [6, 6.07) is 6.71. The molecule has 1 aliphatic heterocycles. The summed E-state index contributed by atoms with van der Waals surface area (Å²) in [5, 5.41) is 12.1. The van der Waals surface area contributed by atoms with Crippen molar-refractivity contribution in [1.82, 2.24) is 15.1 Å². The van der Waals surface area contributed by atoms with Crippen LogP contribution < -0.4 is 5.32 Å². The molecule has 2 amide bonds. The van der Waals surface area contributed by atoms with Crippen molar-refractivity contribution >= 4 is 44.2 Å². The molecule has 1 unspecified atom stereocenters. The van der Waals surface area contributed by atoms with Crippen LogP contribution in [-0.2, 0) is 11.2 Å². The van der Waals surface area contributed by atoms with E-state index in [0.29, 0.717) is 23.7 Å². The van der Waals surface area contributed by atoms with Gasteiger partial charge < -0.3 is 4.90 Å². The fourth-order valence-corrected chi connectivity index (χ4v) is 3.62. The molecular weight excluding hydrogens is 392 g/mol. The number of anilines is 1. The second-order valence-corrected chi connectivity index (χ2v) is 7.48. The van der Waals surface area contributed by atoms with Crippen LogP contribution in [0.15, 0.2) is 28.7 Å². The molecule has 0 spiro atoms. The molecule has 24 heavy (non-hydrogen) atoms. The lowest BCUT2D eigenvalue weighted by Crippen LogP contribution is -2.43. The van der Waals surface area contributed by atoms with Gasteiger partial charge in [0, 0.05) is 16.6 Å². The Hall–Kier alpha value is -1.80. The van der Waals surface area contributed by atoms with Gasteiger partial charge in [-0.15, -0.1) is 10.2 Å². The molecule has 2 heterocycles. The number of amides is 2. The number of aryl methyl sites for hydroxylation is 1. The summed E-state index contributed by atoms with van der Waals surface area (Å²) in [7, 11) is 0. The first-order valence-electron chi connectivity index (χ1n) is 7.78. The number of aromatic nitrogens is 2. The molecule has 8 heteroatoms. The Balaban J connectivity index is 1.71. The van der Waals surface area contributed by atoms with Crippen LogP contribution in [0.5, 0.6) is 0 Å². The standard InChI is InChI=1S/C16H17BrN4O2S/c1-2-13-19-20-16(24-13)18-14(22)12-4-3-9-21(12)15(23)10-5-7-11(17)8-6-10/h5-8,12H,2-4,9H2,1H3,(H,18,20,22). The van der Waals surface area contributed by atoms with Crippen LogP contribution in [0.3, 0.4) is 0 Å². The molecule has 0 radical (unpaired) electrons. The van der Waals surface area contributed by atoms with Crippen LogP contribution in [0.4, 0.5) is 5.13 Å². The third-order valence-electron chi connectivity index (χ3n) is 3.91. The quantitative estimate of drug-likeness (QED) is 0.842. The van der Waals surface area contributed by atoms with Crippen LogP contribution in [0.2, 0.25) is 0 Å². The maximum absolute atomic E-state index is 12.7. The van der Waals surface area contributed by atoms with Crippen LogP contribution in [-0.4, -0.2) is 39.5 Å². The highest BCUT2D eigenvalue weighted by Gasteiger charge is 2.34. The van der Waals surface area contributed by atoms with Crippen molar-refractivity contribution in [2.24, 2.45) is 0 Å². The van der Waals surface area contributed by atoms with Gasteiger partial charge in [-0.1, -0.05) is 34.2 Å². The summed E-state index contributed by atoms with van der Waals surface area (Å²) >= 11 is 4.72. The minimum absolute atomic E-state index is 0.119. The van der Waals surface area contributed by atoms with Gasteiger partial charge in [0.15, 0.2) is 0 Å². The van der Waals surface area contributed by atoms with Crippen molar-refractivity contribution in [2.45, 2.75) is 32.2 Å². The number of carbonyl (C=O) groups excluding carboxylic acids is 2. The Labute approximate surface area is 152 Å². The van der Waals surface area contributed by atoms with Gasteiger partial charge in [-0.25, -0.2) is 0 Å². The zero-order chi connectivity index (χ0) is 17.1. The maximum Gasteiger partial charge on any atom is 0.254 e. The number of benzene rings is 1. The zero-order valence-corrected chi connectivity index (χ0v) is 15.6. The van der Waals surface area contributed by atoms with Crippen LogP contribution in [0, 0.1) is 0 Å². The number of nitrogens with zero attached hydrogens (tertiary/aromatic N) is 3. The van der Waals surface area contributed by atoms with Crippen LogP contribution in [0.1, 0.15) is 35.1 Å². The summed E-state index contributed by atoms with van der Waals surface area (Å²) in [4.78, 5) is 26.9. The minimum atomic E-state index is -0.463. The van der Waals surface area contributed by atoms with Crippen molar-refractivity contribution < 1.29 is 9.59 Å². The van der Waals surface area contributed by atoms with E-state index in [1.54, 1.807) is 17.0 Å². The van der Waals surface area contributed by atoms with E-state index >= 15 is 0 Å². The molecule has 2 aromatic rings. The van der Waals surface area contributed by atoms with Crippen molar-refractivity contribution in [2.75, 3.05) is 11.9 Å². The predicted octanol–water partition coefficient (Wildman–Crippen LogP) is 3.11. The molecule has 1 aromatic carbocycles. The Morgan fingerprint density at radius 3 is 2.75 bits per heavy atom. The van der Waals surface area contributed by atoms with Crippen molar-refractivity contribution in [3.63, 3.8) is 0 Å². The summed E-state index contributed by atoms with van der Waals surface area (Å²) in [6.45, 7) is 2.57. The average molecular weight is 409 g/mol. The van der Waals surface area contributed by atoms with Gasteiger partial charge in [0.05, 0.1) is 0 Å². The maximum atomic E-state index is 12.7. The lowest BCUT2D eigenvalue weighted by atomic mass is 10.1. The van der Waals surface area contributed by atoms with Gasteiger partial charge in [0.1, 0.15) is 11.0 Å². The molecule has 0 aliphatic carbocycles. The van der Waals surface area contributed by atoms with Crippen LogP contribution >= 0.6 is 27.3 Å². The summed E-state index contributed by atoms with van der Waals surface area (Å²) in [5.41, 5.74) is 0.585. The molecule has 1 saturated heterocycles. The second-order valence-electron chi connectivity index (χ2n) is 5.51. The van der Waals surface area contributed by atoms with Crippen molar-refractivity contribution in [3.8, 4) is 0 Å². The molecule has 6 nitrogen and oxygen atoms in total. The fraction of sp³-hybridized carbons (Fsp3) is 0.375. The van der Waals surface area contributed by atoms with E-state index < -0.39 is 6.04 Å². The number of likely N-dealkylation sites (tertiary alicyclic amines) is 1. The molecule has 0 bridgehead atoms. The molecule has 1 aromatic heterocycles. The molecule has 126 valence electrons. The number of hydrogen-bond donors (Lipinski definition) is 1. The van der Waals surface area contributed by atoms with Gasteiger partial charge in [-0.3, -0.25) is 14.9 Å². The Kier molecular flexibility index (Phi) is 5.25. The Bertz CT molecular complexity index is 747. The highest BCUT2D eigenvalue weighted by Crippen LogP contribution is 2.23. The summed E-state index contributed by atoms with van der Waals surface area (Å²) < 4.78 is 0.915. The average Bonchev–Trinajstić information content (AvgIpc) is 3.24. The predicted molar refractivity (Wildman–Crippen MR) is 96.1 cm³/mol. The lowest BCUT2D eigenvalue weighted by Gasteiger charge is -2.23. The minimum Gasteiger partial charge on any atom is -0.327 e. The highest BCUT2D eigenvalue weighted by molar-refractivity contribution is 9.10. The highest BCUT2D eigenvalue weighted by atomic mass is 79.9. The van der Waals surface area contributed by atoms with Crippen molar-refractivity contribution in [1.29, 1.82) is 0 Å². The zero-order valence-electron chi connectivity index (χ0n) is 13.2. The fourth-order valence-electron chi connectivity index (χ4n) is 2.68. The van der Waals surface area contributed by atoms with E-state index in [4.69, 9.17) is 0 Å². The molecule has 0 saturated carbocycles. The van der Waals surface area contributed by atoms with E-state index in [0.717, 1.165) is 22.3 Å². The smallest absolute Gasteiger partial charge is 0.254 e. The third-order valence-corrected chi connectivity index (χ3v) is 5.42. The van der Waals surface area contributed by atoms with Gasteiger partial charge in [-0.05, 0) is 43.5 Å². The largest absolute Gasteiger partial charge is 0.327 e. The monoisotopic (exact) mass is 408 g/mol. The van der Waals surface area contributed by atoms with Crippen molar-refractivity contribution in [3.05, 3.63) is 39.3 Å². The second kappa shape index (κ2) is 7.40. The summed E-state index contributed by atoms with van der Waals surface area (Å²) in [5.74, 6) is -0.316. The molecule has 1 N–H and O–H groups in total. The Morgan fingerprint density at radius 1 is 1.33 bits per heavy atom. The molecule has 1 aliphatic rings. The molecular formula is C16H17BrN4O2S. The Morgan fingerprint density at radius 2 is 2.08 bits per heavy atom. The molecule has 1 fully saturated rings. The van der Waals surface area contributed by atoms with E-state index in [2.05, 4.69) is 31.4 Å². The van der Waals surface area contributed by atoms with E-state index in [-0.39, 0.29) is 11.8 Å². The lowest BCUT2D eigenvalue weighted by molar-refractivity contribution is -0.119. The molecule has 3 rings (SSSR count). The first kappa shape index (κ1) is 17.0. The first-order valence-corrected chi connectivity index (χ1v) is 9.39. The topological polar surface area (TPSA) is 75.2 Å². The van der Waals surface area contributed by atoms with E-state index in [9.17, 15) is 9.59 Å². The van der Waals surface area contributed by atoms with Gasteiger partial charge >= 0.3 is 0 Å². The number of carbonyl (C=O) groups is 2. The normalized spacial score (nSPS) is 17.1. The SMILES string of the molecule is CCc1nnc(NC(=O)C2CCCN2C(=O)c2ccc(Br)cc2)s1. The van der Waals surface area contributed by atoms with Gasteiger partial charge in [-0.2, -0.15) is 0 Å². The number of halogens is 1.